The fraction of sp³-hybridized carbons (Fsp3) is 0.235. The third-order valence-corrected chi connectivity index (χ3v) is 4.46. The Morgan fingerprint density at radius 3 is 2.27 bits per heavy atom. The van der Waals surface area contributed by atoms with Gasteiger partial charge in [-0.05, 0) is 44.2 Å². The highest BCUT2D eigenvalue weighted by atomic mass is 32.1. The molecular weight excluding hydrogens is 296 g/mol. The minimum atomic E-state index is 0.711. The molecule has 0 aliphatic carbocycles. The number of aromatic nitrogens is 2. The maximum atomic E-state index is 5.36. The number of rotatable bonds is 4. The maximum Gasteiger partial charge on any atom is 0.194 e. The van der Waals surface area contributed by atoms with Gasteiger partial charge in [0.25, 0.3) is 0 Å². The molecule has 114 valence electrons. The molecule has 0 bridgehead atoms. The molecule has 5 heteroatoms. The summed E-state index contributed by atoms with van der Waals surface area (Å²) in [6, 6.07) is 10.1. The molecule has 4 nitrogen and oxygen atoms in total. The molecule has 0 saturated carbocycles. The lowest BCUT2D eigenvalue weighted by atomic mass is 10.1. The zero-order chi connectivity index (χ0) is 15.7. The molecule has 1 aromatic carbocycles. The second-order valence-electron chi connectivity index (χ2n) is 5.04. The molecule has 0 amide bonds. The van der Waals surface area contributed by atoms with E-state index in [1.807, 2.05) is 18.2 Å². The van der Waals surface area contributed by atoms with Gasteiger partial charge in [0, 0.05) is 22.3 Å². The van der Waals surface area contributed by atoms with Crippen LogP contribution in [0.15, 0.2) is 35.7 Å². The highest BCUT2D eigenvalue weighted by molar-refractivity contribution is 7.12. The van der Waals surface area contributed by atoms with E-state index in [9.17, 15) is 0 Å². The van der Waals surface area contributed by atoms with Crippen LogP contribution < -0.4 is 9.47 Å². The number of benzene rings is 1. The number of nitrogens with zero attached hydrogens (tertiary/aromatic N) is 2. The van der Waals surface area contributed by atoms with Crippen LogP contribution in [0, 0.1) is 13.8 Å². The predicted molar refractivity (Wildman–Crippen MR) is 89.5 cm³/mol. The van der Waals surface area contributed by atoms with Crippen molar-refractivity contribution in [3.63, 3.8) is 0 Å². The number of hydrogen-bond acceptors (Lipinski definition) is 4. The first-order valence-corrected chi connectivity index (χ1v) is 7.85. The minimum absolute atomic E-state index is 0.711. The summed E-state index contributed by atoms with van der Waals surface area (Å²) in [5, 5.41) is 3.04. The standard InChI is InChI=1S/C17H18N2O2S/c1-11-5-6-12(2)19(11)17-18-14(10-22-17)13-7-8-15(20-3)16(9-13)21-4/h5-10H,1-4H3. The summed E-state index contributed by atoms with van der Waals surface area (Å²) in [7, 11) is 3.27. The molecule has 0 aliphatic rings. The van der Waals surface area contributed by atoms with Crippen LogP contribution in [-0.4, -0.2) is 23.8 Å². The minimum Gasteiger partial charge on any atom is -0.493 e. The van der Waals surface area contributed by atoms with Crippen LogP contribution in [0.2, 0.25) is 0 Å². The van der Waals surface area contributed by atoms with Crippen LogP contribution in [0.3, 0.4) is 0 Å². The monoisotopic (exact) mass is 314 g/mol. The van der Waals surface area contributed by atoms with Gasteiger partial charge in [0.05, 0.1) is 19.9 Å². The predicted octanol–water partition coefficient (Wildman–Crippen LogP) is 4.23. The van der Waals surface area contributed by atoms with Crippen molar-refractivity contribution >= 4 is 11.3 Å². The highest BCUT2D eigenvalue weighted by Crippen LogP contribution is 2.33. The van der Waals surface area contributed by atoms with Crippen molar-refractivity contribution in [1.29, 1.82) is 0 Å². The first-order valence-electron chi connectivity index (χ1n) is 6.97. The van der Waals surface area contributed by atoms with E-state index in [0.717, 1.165) is 22.1 Å². The molecule has 3 rings (SSSR count). The molecule has 2 aromatic heterocycles. The van der Waals surface area contributed by atoms with E-state index < -0.39 is 0 Å². The molecule has 0 saturated heterocycles. The van der Waals surface area contributed by atoms with Gasteiger partial charge >= 0.3 is 0 Å². The molecule has 22 heavy (non-hydrogen) atoms. The third kappa shape index (κ3) is 2.48. The van der Waals surface area contributed by atoms with Crippen LogP contribution in [0.5, 0.6) is 11.5 Å². The van der Waals surface area contributed by atoms with Gasteiger partial charge in [-0.1, -0.05) is 0 Å². The van der Waals surface area contributed by atoms with Crippen molar-refractivity contribution in [2.75, 3.05) is 14.2 Å². The lowest BCUT2D eigenvalue weighted by molar-refractivity contribution is 0.355. The molecular formula is C17H18N2O2S. The lowest BCUT2D eigenvalue weighted by Gasteiger charge is -2.08. The molecule has 0 aliphatic heterocycles. The van der Waals surface area contributed by atoms with Gasteiger partial charge < -0.3 is 9.47 Å². The van der Waals surface area contributed by atoms with Crippen molar-refractivity contribution in [1.82, 2.24) is 9.55 Å². The van der Waals surface area contributed by atoms with Crippen molar-refractivity contribution in [3.8, 4) is 27.9 Å². The van der Waals surface area contributed by atoms with E-state index in [1.165, 1.54) is 11.4 Å². The van der Waals surface area contributed by atoms with Crippen molar-refractivity contribution in [2.24, 2.45) is 0 Å². The van der Waals surface area contributed by atoms with E-state index >= 15 is 0 Å². The zero-order valence-electron chi connectivity index (χ0n) is 13.1. The topological polar surface area (TPSA) is 36.3 Å². The van der Waals surface area contributed by atoms with E-state index in [-0.39, 0.29) is 0 Å². The maximum absolute atomic E-state index is 5.36. The molecule has 0 atom stereocenters. The molecule has 0 radical (unpaired) electrons. The molecule has 0 fully saturated rings. The van der Waals surface area contributed by atoms with Crippen LogP contribution >= 0.6 is 11.3 Å². The number of ether oxygens (including phenoxy) is 2. The number of methoxy groups -OCH3 is 2. The summed E-state index contributed by atoms with van der Waals surface area (Å²) in [6.45, 7) is 4.18. The Morgan fingerprint density at radius 2 is 1.64 bits per heavy atom. The Bertz CT molecular complexity index is 785. The summed E-state index contributed by atoms with van der Waals surface area (Å²) in [5.41, 5.74) is 4.33. The fourth-order valence-electron chi connectivity index (χ4n) is 2.47. The first kappa shape index (κ1) is 14.7. The Kier molecular flexibility index (Phi) is 3.90. The number of thiazole rings is 1. The largest absolute Gasteiger partial charge is 0.493 e. The molecule has 0 spiro atoms. The quantitative estimate of drug-likeness (QED) is 0.723. The summed E-state index contributed by atoms with van der Waals surface area (Å²) in [5.74, 6) is 1.43. The number of hydrogen-bond donors (Lipinski definition) is 0. The Hall–Kier alpha value is -2.27. The molecule has 0 N–H and O–H groups in total. The SMILES string of the molecule is COc1ccc(-c2csc(-n3c(C)ccc3C)n2)cc1OC. The van der Waals surface area contributed by atoms with Gasteiger partial charge in [0.15, 0.2) is 16.6 Å². The second kappa shape index (κ2) is 5.85. The van der Waals surface area contributed by atoms with Gasteiger partial charge in [0.1, 0.15) is 0 Å². The Morgan fingerprint density at radius 1 is 0.955 bits per heavy atom. The van der Waals surface area contributed by atoms with Crippen LogP contribution in [0.1, 0.15) is 11.4 Å². The summed E-state index contributed by atoms with van der Waals surface area (Å²) >= 11 is 1.63. The molecule has 3 aromatic rings. The van der Waals surface area contributed by atoms with E-state index in [2.05, 4.69) is 35.9 Å². The van der Waals surface area contributed by atoms with Crippen LogP contribution in [0.25, 0.3) is 16.4 Å². The smallest absolute Gasteiger partial charge is 0.194 e. The molecule has 0 unspecified atom stereocenters. The summed E-state index contributed by atoms with van der Waals surface area (Å²) in [4.78, 5) is 4.76. The highest BCUT2D eigenvalue weighted by Gasteiger charge is 2.12. The average molecular weight is 314 g/mol. The van der Waals surface area contributed by atoms with E-state index in [1.54, 1.807) is 25.6 Å². The van der Waals surface area contributed by atoms with Crippen LogP contribution in [-0.2, 0) is 0 Å². The average Bonchev–Trinajstić information content (AvgIpc) is 3.13. The Labute approximate surface area is 134 Å². The van der Waals surface area contributed by atoms with Crippen molar-refractivity contribution in [2.45, 2.75) is 13.8 Å². The lowest BCUT2D eigenvalue weighted by Crippen LogP contribution is -1.97. The van der Waals surface area contributed by atoms with Crippen molar-refractivity contribution in [3.05, 3.63) is 47.1 Å². The van der Waals surface area contributed by atoms with Gasteiger partial charge in [-0.25, -0.2) is 4.98 Å². The third-order valence-electron chi connectivity index (χ3n) is 3.63. The fourth-order valence-corrected chi connectivity index (χ4v) is 3.42. The van der Waals surface area contributed by atoms with Gasteiger partial charge in [-0.15, -0.1) is 11.3 Å². The van der Waals surface area contributed by atoms with Crippen LogP contribution in [0.4, 0.5) is 0 Å². The van der Waals surface area contributed by atoms with E-state index in [0.29, 0.717) is 5.75 Å². The first-order chi connectivity index (χ1) is 10.6. The van der Waals surface area contributed by atoms with Gasteiger partial charge in [-0.2, -0.15) is 0 Å². The van der Waals surface area contributed by atoms with E-state index in [4.69, 9.17) is 14.5 Å². The zero-order valence-corrected chi connectivity index (χ0v) is 13.9. The van der Waals surface area contributed by atoms with Crippen molar-refractivity contribution < 1.29 is 9.47 Å². The summed E-state index contributed by atoms with van der Waals surface area (Å²) in [6.07, 6.45) is 0. The normalized spacial score (nSPS) is 10.7. The number of aryl methyl sites for hydroxylation is 2. The summed E-state index contributed by atoms with van der Waals surface area (Å²) < 4.78 is 12.8. The van der Waals surface area contributed by atoms with Gasteiger partial charge in [0.2, 0.25) is 0 Å². The molecule has 2 heterocycles. The Balaban J connectivity index is 2.01. The second-order valence-corrected chi connectivity index (χ2v) is 5.87. The van der Waals surface area contributed by atoms with Gasteiger partial charge in [-0.3, -0.25) is 4.57 Å².